The van der Waals surface area contributed by atoms with Crippen LogP contribution >= 0.6 is 11.8 Å². The number of para-hydroxylation sites is 2. The van der Waals surface area contributed by atoms with Crippen molar-refractivity contribution in [2.45, 2.75) is 12.1 Å². The molecule has 3 heterocycles. The second kappa shape index (κ2) is 3.41. The summed E-state index contributed by atoms with van der Waals surface area (Å²) in [5, 5.41) is 3.07. The lowest BCUT2D eigenvalue weighted by Crippen LogP contribution is -2.42. The molecule has 2 aliphatic rings. The summed E-state index contributed by atoms with van der Waals surface area (Å²) in [5.74, 6) is 3.36. The average molecular weight is 259 g/mol. The number of hydrogen-bond acceptors (Lipinski definition) is 5. The van der Waals surface area contributed by atoms with Gasteiger partial charge in [-0.1, -0.05) is 12.1 Å². The fourth-order valence-electron chi connectivity index (χ4n) is 2.76. The van der Waals surface area contributed by atoms with Crippen LogP contribution in [0.5, 0.6) is 0 Å². The van der Waals surface area contributed by atoms with Crippen molar-refractivity contribution in [3.63, 3.8) is 0 Å². The molecule has 2 aromatic rings. The quantitative estimate of drug-likeness (QED) is 0.753. The van der Waals surface area contributed by atoms with Crippen LogP contribution in [0.15, 0.2) is 29.3 Å². The summed E-state index contributed by atoms with van der Waals surface area (Å²) >= 11 is 1.92. The number of imidazole rings is 1. The Labute approximate surface area is 108 Å². The van der Waals surface area contributed by atoms with Crippen molar-refractivity contribution in [3.05, 3.63) is 24.3 Å². The number of rotatable bonds is 0. The fourth-order valence-corrected chi connectivity index (χ4v) is 4.04. The maximum absolute atomic E-state index is 5.90. The summed E-state index contributed by atoms with van der Waals surface area (Å²) < 4.78 is 2.21. The lowest BCUT2D eigenvalue weighted by Gasteiger charge is -2.32. The number of fused-ring (bicyclic) bond motifs is 4. The summed E-state index contributed by atoms with van der Waals surface area (Å²) in [6.07, 6.45) is 1.01. The number of anilines is 1. The van der Waals surface area contributed by atoms with E-state index in [4.69, 9.17) is 5.73 Å². The number of thioether (sulfide) groups is 1. The first kappa shape index (κ1) is 10.3. The van der Waals surface area contributed by atoms with Crippen LogP contribution in [0.25, 0.3) is 11.0 Å². The first-order chi connectivity index (χ1) is 8.78. The van der Waals surface area contributed by atoms with Crippen molar-refractivity contribution in [2.75, 3.05) is 16.8 Å². The van der Waals surface area contributed by atoms with Crippen LogP contribution in [0.3, 0.4) is 0 Å². The van der Waals surface area contributed by atoms with Crippen molar-refractivity contribution < 1.29 is 0 Å². The molecule has 1 fully saturated rings. The van der Waals surface area contributed by atoms with E-state index in [1.807, 2.05) is 30.0 Å². The van der Waals surface area contributed by atoms with Gasteiger partial charge in [0.05, 0.1) is 11.0 Å². The highest BCUT2D eigenvalue weighted by Crippen LogP contribution is 2.42. The normalized spacial score (nSPS) is 26.1. The van der Waals surface area contributed by atoms with Crippen LogP contribution in [0.1, 0.15) is 6.42 Å². The van der Waals surface area contributed by atoms with Gasteiger partial charge in [-0.05, 0) is 17.9 Å². The largest absolute Gasteiger partial charge is 0.370 e. The molecule has 0 bridgehead atoms. The molecule has 0 saturated carbocycles. The predicted octanol–water partition coefficient (Wildman–Crippen LogP) is 1.57. The molecule has 2 aliphatic heterocycles. The van der Waals surface area contributed by atoms with Gasteiger partial charge in [-0.25, -0.2) is 9.98 Å². The Morgan fingerprint density at radius 1 is 1.39 bits per heavy atom. The second-order valence-corrected chi connectivity index (χ2v) is 5.77. The minimum absolute atomic E-state index is 0.245. The fraction of sp³-hybridized carbons (Fsp3) is 0.333. The zero-order valence-corrected chi connectivity index (χ0v) is 10.6. The van der Waals surface area contributed by atoms with Crippen molar-refractivity contribution in [3.8, 4) is 0 Å². The van der Waals surface area contributed by atoms with Crippen molar-refractivity contribution in [2.24, 2.45) is 10.7 Å². The Balaban J connectivity index is 2.05. The van der Waals surface area contributed by atoms with Gasteiger partial charge in [-0.2, -0.15) is 11.8 Å². The maximum Gasteiger partial charge on any atom is 0.212 e. The number of hydrogen-bond donors (Lipinski definition) is 2. The zero-order chi connectivity index (χ0) is 12.2. The number of nitrogens with one attached hydrogen (secondary N) is 1. The first-order valence-corrected chi connectivity index (χ1v) is 7.12. The van der Waals surface area contributed by atoms with E-state index in [0.717, 1.165) is 34.9 Å². The Bertz CT molecular complexity index is 654. The zero-order valence-electron chi connectivity index (χ0n) is 9.76. The van der Waals surface area contributed by atoms with Gasteiger partial charge in [0.2, 0.25) is 5.95 Å². The smallest absolute Gasteiger partial charge is 0.212 e. The van der Waals surface area contributed by atoms with E-state index in [1.54, 1.807) is 0 Å². The van der Waals surface area contributed by atoms with Gasteiger partial charge in [0, 0.05) is 12.2 Å². The van der Waals surface area contributed by atoms with E-state index >= 15 is 0 Å². The predicted molar refractivity (Wildman–Crippen MR) is 74.9 cm³/mol. The SMILES string of the molecule is NC1=N[C@@]2(CCSC2)n2c(nc3ccccc32)N1. The van der Waals surface area contributed by atoms with Gasteiger partial charge in [-0.3, -0.25) is 9.88 Å². The van der Waals surface area contributed by atoms with E-state index < -0.39 is 0 Å². The number of aliphatic imine (C=N–C) groups is 1. The molecule has 4 rings (SSSR count). The van der Waals surface area contributed by atoms with Crippen LogP contribution in [0.2, 0.25) is 0 Å². The molecule has 0 amide bonds. The molecular weight excluding hydrogens is 246 g/mol. The molecule has 0 unspecified atom stereocenters. The molecule has 5 nitrogen and oxygen atoms in total. The number of benzene rings is 1. The molecule has 1 saturated heterocycles. The Kier molecular flexibility index (Phi) is 1.94. The van der Waals surface area contributed by atoms with Crippen molar-refractivity contribution >= 4 is 34.7 Å². The Morgan fingerprint density at radius 2 is 2.28 bits per heavy atom. The van der Waals surface area contributed by atoms with Crippen LogP contribution in [-0.2, 0) is 5.66 Å². The molecule has 0 aliphatic carbocycles. The third-order valence-electron chi connectivity index (χ3n) is 3.53. The summed E-state index contributed by atoms with van der Waals surface area (Å²) in [5.41, 5.74) is 7.77. The van der Waals surface area contributed by atoms with Gasteiger partial charge in [0.15, 0.2) is 11.6 Å². The molecule has 6 heteroatoms. The van der Waals surface area contributed by atoms with E-state index in [2.05, 4.69) is 25.9 Å². The second-order valence-electron chi connectivity index (χ2n) is 4.67. The highest BCUT2D eigenvalue weighted by atomic mass is 32.2. The van der Waals surface area contributed by atoms with Crippen LogP contribution < -0.4 is 11.1 Å². The average Bonchev–Trinajstić information content (AvgIpc) is 2.93. The van der Waals surface area contributed by atoms with Gasteiger partial charge in [0.1, 0.15) is 0 Å². The summed E-state index contributed by atoms with van der Waals surface area (Å²) in [7, 11) is 0. The van der Waals surface area contributed by atoms with Crippen molar-refractivity contribution in [1.29, 1.82) is 0 Å². The molecule has 3 N–H and O–H groups in total. The Morgan fingerprint density at radius 3 is 3.11 bits per heavy atom. The van der Waals surface area contributed by atoms with Gasteiger partial charge in [-0.15, -0.1) is 0 Å². The third-order valence-corrected chi connectivity index (χ3v) is 4.68. The highest BCUT2D eigenvalue weighted by molar-refractivity contribution is 7.99. The summed E-state index contributed by atoms with van der Waals surface area (Å²) in [4.78, 5) is 9.27. The maximum atomic E-state index is 5.90. The van der Waals surface area contributed by atoms with E-state index in [0.29, 0.717) is 5.96 Å². The number of guanidine groups is 1. The monoisotopic (exact) mass is 259 g/mol. The lowest BCUT2D eigenvalue weighted by molar-refractivity contribution is 0.355. The van der Waals surface area contributed by atoms with E-state index in [-0.39, 0.29) is 5.66 Å². The highest BCUT2D eigenvalue weighted by Gasteiger charge is 2.41. The van der Waals surface area contributed by atoms with Gasteiger partial charge >= 0.3 is 0 Å². The summed E-state index contributed by atoms with van der Waals surface area (Å²) in [6.45, 7) is 0. The molecule has 92 valence electrons. The topological polar surface area (TPSA) is 68.2 Å². The lowest BCUT2D eigenvalue weighted by atomic mass is 10.1. The van der Waals surface area contributed by atoms with Crippen LogP contribution in [-0.4, -0.2) is 27.0 Å². The number of aromatic nitrogens is 2. The van der Waals surface area contributed by atoms with Crippen LogP contribution in [0.4, 0.5) is 5.95 Å². The molecule has 0 radical (unpaired) electrons. The minimum atomic E-state index is -0.245. The van der Waals surface area contributed by atoms with Crippen LogP contribution in [0, 0.1) is 0 Å². The van der Waals surface area contributed by atoms with E-state index in [9.17, 15) is 0 Å². The number of nitrogens with two attached hydrogens (primary N) is 1. The molecular formula is C12H13N5S. The van der Waals surface area contributed by atoms with Gasteiger partial charge in [0.25, 0.3) is 0 Å². The molecule has 1 spiro atoms. The Hall–Kier alpha value is -1.69. The van der Waals surface area contributed by atoms with Crippen molar-refractivity contribution in [1.82, 2.24) is 9.55 Å². The molecule has 1 aromatic carbocycles. The van der Waals surface area contributed by atoms with Gasteiger partial charge < -0.3 is 5.73 Å². The standard InChI is InChI=1S/C12H13N5S/c13-10-15-11-14-8-3-1-2-4-9(8)17(11)12(16-10)5-6-18-7-12/h1-4H,5-7H2,(H3,13,14,15,16)/t12-/m0/s1. The third kappa shape index (κ3) is 1.23. The first-order valence-electron chi connectivity index (χ1n) is 5.97. The summed E-state index contributed by atoms with van der Waals surface area (Å²) in [6, 6.07) is 8.15. The molecule has 1 atom stereocenters. The van der Waals surface area contributed by atoms with E-state index in [1.165, 1.54) is 0 Å². The molecule has 18 heavy (non-hydrogen) atoms. The molecule has 1 aromatic heterocycles. The number of nitrogens with zero attached hydrogens (tertiary/aromatic N) is 3. The minimum Gasteiger partial charge on any atom is -0.370 e.